The number of amides is 1. The first-order valence-corrected chi connectivity index (χ1v) is 8.72. The van der Waals surface area contributed by atoms with E-state index in [1.807, 2.05) is 18.2 Å². The Labute approximate surface area is 160 Å². The van der Waals surface area contributed by atoms with Crippen molar-refractivity contribution >= 4 is 29.2 Å². The van der Waals surface area contributed by atoms with Gasteiger partial charge in [-0.15, -0.1) is 0 Å². The Morgan fingerprint density at radius 2 is 1.74 bits per heavy atom. The second-order valence-corrected chi connectivity index (χ2v) is 6.49. The van der Waals surface area contributed by atoms with Crippen LogP contribution in [0.25, 0.3) is 0 Å². The van der Waals surface area contributed by atoms with E-state index >= 15 is 0 Å². The Balaban J connectivity index is 1.49. The normalized spacial score (nSPS) is 14.2. The first kappa shape index (κ1) is 19.1. The summed E-state index contributed by atoms with van der Waals surface area (Å²) in [5.74, 6) is -3.41. The lowest BCUT2D eigenvalue weighted by Crippen LogP contribution is -2.49. The third kappa shape index (κ3) is 4.74. The maximum atomic E-state index is 13.2. The zero-order chi connectivity index (χ0) is 19.4. The van der Waals surface area contributed by atoms with Crippen molar-refractivity contribution in [3.63, 3.8) is 0 Å². The first-order chi connectivity index (χ1) is 12.9. The highest BCUT2D eigenvalue weighted by atomic mass is 35.5. The highest BCUT2D eigenvalue weighted by molar-refractivity contribution is 6.30. The summed E-state index contributed by atoms with van der Waals surface area (Å²) in [6.45, 7) is 1.77. The molecule has 1 amide bonds. The number of nitrogens with zero attached hydrogens (tertiary/aromatic N) is 2. The maximum absolute atomic E-state index is 13.2. The van der Waals surface area contributed by atoms with Crippen molar-refractivity contribution in [2.75, 3.05) is 37.7 Å². The average molecular weight is 395 g/mol. The van der Waals surface area contributed by atoms with Crippen LogP contribution >= 0.6 is 11.6 Å². The highest BCUT2D eigenvalue weighted by Crippen LogP contribution is 2.20. The molecule has 0 spiro atoms. The summed E-state index contributed by atoms with van der Waals surface area (Å²) in [7, 11) is 0. The average Bonchev–Trinajstić information content (AvgIpc) is 2.68. The van der Waals surface area contributed by atoms with Crippen LogP contribution in [0.2, 0.25) is 5.02 Å². The fourth-order valence-electron chi connectivity index (χ4n) is 2.81. The van der Waals surface area contributed by atoms with Crippen molar-refractivity contribution < 1.29 is 23.1 Å². The van der Waals surface area contributed by atoms with Crippen LogP contribution in [-0.2, 0) is 9.53 Å². The minimum absolute atomic E-state index is 0.146. The van der Waals surface area contributed by atoms with Crippen LogP contribution in [0.4, 0.5) is 14.5 Å². The molecule has 27 heavy (non-hydrogen) atoms. The number of hydrogen-bond acceptors (Lipinski definition) is 4. The van der Waals surface area contributed by atoms with Crippen LogP contribution in [0.15, 0.2) is 42.5 Å². The summed E-state index contributed by atoms with van der Waals surface area (Å²) in [5, 5.41) is 0.648. The molecule has 142 valence electrons. The molecule has 0 bridgehead atoms. The van der Waals surface area contributed by atoms with Crippen LogP contribution in [0.3, 0.4) is 0 Å². The van der Waals surface area contributed by atoms with E-state index < -0.39 is 24.2 Å². The summed E-state index contributed by atoms with van der Waals surface area (Å²) >= 11 is 6.00. The Kier molecular flexibility index (Phi) is 5.91. The zero-order valence-electron chi connectivity index (χ0n) is 14.3. The number of rotatable bonds is 4. The minimum atomic E-state index is -1.15. The van der Waals surface area contributed by atoms with Crippen LogP contribution in [0.1, 0.15) is 10.4 Å². The molecular formula is C19H17ClF2N2O3. The number of anilines is 1. The molecule has 0 saturated carbocycles. The van der Waals surface area contributed by atoms with Gasteiger partial charge in [-0.05, 0) is 36.4 Å². The zero-order valence-corrected chi connectivity index (χ0v) is 15.1. The van der Waals surface area contributed by atoms with E-state index in [9.17, 15) is 18.4 Å². The molecule has 0 atom stereocenters. The largest absolute Gasteiger partial charge is 0.452 e. The molecule has 0 N–H and O–H groups in total. The van der Waals surface area contributed by atoms with Crippen molar-refractivity contribution in [3.8, 4) is 0 Å². The van der Waals surface area contributed by atoms with E-state index in [0.29, 0.717) is 31.2 Å². The number of benzene rings is 2. The first-order valence-electron chi connectivity index (χ1n) is 8.34. The second-order valence-electron chi connectivity index (χ2n) is 6.05. The fraction of sp³-hybridized carbons (Fsp3) is 0.263. The third-order valence-corrected chi connectivity index (χ3v) is 4.52. The van der Waals surface area contributed by atoms with Crippen LogP contribution < -0.4 is 4.90 Å². The van der Waals surface area contributed by atoms with Crippen LogP contribution in [-0.4, -0.2) is 49.6 Å². The quantitative estimate of drug-likeness (QED) is 0.748. The summed E-state index contributed by atoms with van der Waals surface area (Å²) < 4.78 is 31.0. The van der Waals surface area contributed by atoms with E-state index in [-0.39, 0.29) is 11.5 Å². The number of halogens is 3. The van der Waals surface area contributed by atoms with Gasteiger partial charge in [0.15, 0.2) is 18.2 Å². The lowest BCUT2D eigenvalue weighted by molar-refractivity contribution is -0.134. The van der Waals surface area contributed by atoms with E-state index in [1.54, 1.807) is 11.0 Å². The third-order valence-electron chi connectivity index (χ3n) is 4.29. The van der Waals surface area contributed by atoms with Gasteiger partial charge in [-0.1, -0.05) is 17.7 Å². The predicted octanol–water partition coefficient (Wildman–Crippen LogP) is 3.12. The number of esters is 1. The van der Waals surface area contributed by atoms with Gasteiger partial charge < -0.3 is 14.5 Å². The molecule has 1 heterocycles. The molecule has 0 aliphatic carbocycles. The molecular weight excluding hydrogens is 378 g/mol. The Morgan fingerprint density at radius 3 is 2.41 bits per heavy atom. The van der Waals surface area contributed by atoms with Crippen molar-refractivity contribution in [1.29, 1.82) is 0 Å². The van der Waals surface area contributed by atoms with Gasteiger partial charge in [-0.2, -0.15) is 0 Å². The molecule has 0 aromatic heterocycles. The van der Waals surface area contributed by atoms with E-state index in [2.05, 4.69) is 4.90 Å². The van der Waals surface area contributed by atoms with Gasteiger partial charge in [0.2, 0.25) is 0 Å². The SMILES string of the molecule is O=C(OCC(=O)N1CCN(c2cccc(Cl)c2)CC1)c1ccc(F)c(F)c1. The van der Waals surface area contributed by atoms with Crippen LogP contribution in [0, 0.1) is 11.6 Å². The van der Waals surface area contributed by atoms with Gasteiger partial charge in [-0.25, -0.2) is 13.6 Å². The number of piperazine rings is 1. The van der Waals surface area contributed by atoms with Crippen molar-refractivity contribution in [1.82, 2.24) is 4.90 Å². The Hall–Kier alpha value is -2.67. The van der Waals surface area contributed by atoms with E-state index in [4.69, 9.17) is 16.3 Å². The molecule has 1 aliphatic rings. The van der Waals surface area contributed by atoms with Crippen molar-refractivity contribution in [2.24, 2.45) is 0 Å². The van der Waals surface area contributed by atoms with Crippen LogP contribution in [0.5, 0.6) is 0 Å². The molecule has 0 unspecified atom stereocenters. The lowest BCUT2D eigenvalue weighted by Gasteiger charge is -2.36. The number of carbonyl (C=O) groups is 2. The number of hydrogen-bond donors (Lipinski definition) is 0. The molecule has 0 radical (unpaired) electrons. The summed E-state index contributed by atoms with van der Waals surface area (Å²) in [4.78, 5) is 27.8. The van der Waals surface area contributed by atoms with Gasteiger partial charge in [0, 0.05) is 36.9 Å². The van der Waals surface area contributed by atoms with Gasteiger partial charge in [0.05, 0.1) is 5.56 Å². The molecule has 3 rings (SSSR count). The molecule has 1 aliphatic heterocycles. The predicted molar refractivity (Wildman–Crippen MR) is 96.9 cm³/mol. The standard InChI is InChI=1S/C19H17ClF2N2O3/c20-14-2-1-3-15(11-14)23-6-8-24(9-7-23)18(25)12-27-19(26)13-4-5-16(21)17(22)10-13/h1-5,10-11H,6-9,12H2. The molecule has 2 aromatic rings. The van der Waals surface area contributed by atoms with Gasteiger partial charge in [0.1, 0.15) is 0 Å². The smallest absolute Gasteiger partial charge is 0.338 e. The minimum Gasteiger partial charge on any atom is -0.452 e. The van der Waals surface area contributed by atoms with E-state index in [1.165, 1.54) is 0 Å². The van der Waals surface area contributed by atoms with E-state index in [0.717, 1.165) is 23.9 Å². The van der Waals surface area contributed by atoms with Crippen molar-refractivity contribution in [2.45, 2.75) is 0 Å². The van der Waals surface area contributed by atoms with Crippen molar-refractivity contribution in [3.05, 3.63) is 64.7 Å². The summed E-state index contributed by atoms with van der Waals surface area (Å²) in [5.41, 5.74) is 0.840. The molecule has 1 fully saturated rings. The Morgan fingerprint density at radius 1 is 1.00 bits per heavy atom. The second kappa shape index (κ2) is 8.35. The highest BCUT2D eigenvalue weighted by Gasteiger charge is 2.22. The van der Waals surface area contributed by atoms with Gasteiger partial charge in [0.25, 0.3) is 5.91 Å². The molecule has 1 saturated heterocycles. The topological polar surface area (TPSA) is 49.9 Å². The fourth-order valence-corrected chi connectivity index (χ4v) is 3.00. The maximum Gasteiger partial charge on any atom is 0.338 e. The summed E-state index contributed by atoms with van der Waals surface area (Å²) in [6, 6.07) is 10.2. The Bertz CT molecular complexity index is 855. The summed E-state index contributed by atoms with van der Waals surface area (Å²) in [6.07, 6.45) is 0. The molecule has 2 aromatic carbocycles. The lowest BCUT2D eigenvalue weighted by atomic mass is 10.2. The molecule has 8 heteroatoms. The number of carbonyl (C=O) groups excluding carboxylic acids is 2. The van der Waals surface area contributed by atoms with Gasteiger partial charge in [-0.3, -0.25) is 4.79 Å². The molecule has 5 nitrogen and oxygen atoms in total. The monoisotopic (exact) mass is 394 g/mol. The van der Waals surface area contributed by atoms with Gasteiger partial charge >= 0.3 is 5.97 Å². The number of ether oxygens (including phenoxy) is 1.